The predicted octanol–water partition coefficient (Wildman–Crippen LogP) is 1.90. The fraction of sp³-hybridized carbons (Fsp3) is 0.500. The van der Waals surface area contributed by atoms with E-state index in [0.717, 1.165) is 44.6 Å². The lowest BCUT2D eigenvalue weighted by atomic mass is 10.00. The lowest BCUT2D eigenvalue weighted by Gasteiger charge is -2.20. The van der Waals surface area contributed by atoms with Crippen LogP contribution in [0.4, 0.5) is 0 Å². The molecule has 2 rings (SSSR count). The number of aryl methyl sites for hydroxylation is 2. The fourth-order valence-electron chi connectivity index (χ4n) is 1.95. The maximum Gasteiger partial charge on any atom is 0.125 e. The molecule has 0 bridgehead atoms. The summed E-state index contributed by atoms with van der Waals surface area (Å²) >= 11 is 0. The van der Waals surface area contributed by atoms with Gasteiger partial charge in [0.25, 0.3) is 0 Å². The first-order chi connectivity index (χ1) is 6.92. The smallest absolute Gasteiger partial charge is 0.125 e. The number of hydrogen-bond acceptors (Lipinski definition) is 2. The Labute approximate surface area is 85.1 Å². The average Bonchev–Trinajstić information content (AvgIpc) is 2.26. The molecule has 0 aliphatic carbocycles. The standard InChI is InChI=1S/C12H17NO/c13-8-2-6-10-4-1-5-11-7-3-9-14-12(10)11/h1,4-5H,2-3,6-9,13H2. The molecule has 0 aromatic heterocycles. The third kappa shape index (κ3) is 1.90. The maximum absolute atomic E-state index is 5.71. The molecule has 0 saturated heterocycles. The Morgan fingerprint density at radius 2 is 2.29 bits per heavy atom. The second kappa shape index (κ2) is 4.47. The monoisotopic (exact) mass is 191 g/mol. The van der Waals surface area contributed by atoms with Crippen LogP contribution in [0.3, 0.4) is 0 Å². The first kappa shape index (κ1) is 9.53. The van der Waals surface area contributed by atoms with Crippen LogP contribution in [-0.2, 0) is 12.8 Å². The Bertz CT molecular complexity index is 309. The normalized spacial score (nSPS) is 14.6. The molecule has 2 nitrogen and oxygen atoms in total. The van der Waals surface area contributed by atoms with E-state index < -0.39 is 0 Å². The summed E-state index contributed by atoms with van der Waals surface area (Å²) in [4.78, 5) is 0. The van der Waals surface area contributed by atoms with Gasteiger partial charge in [0, 0.05) is 0 Å². The lowest BCUT2D eigenvalue weighted by Crippen LogP contribution is -2.11. The van der Waals surface area contributed by atoms with Crippen LogP contribution >= 0.6 is 0 Å². The van der Waals surface area contributed by atoms with Crippen LogP contribution in [0, 0.1) is 0 Å². The van der Waals surface area contributed by atoms with Crippen LogP contribution in [0.1, 0.15) is 24.0 Å². The van der Waals surface area contributed by atoms with Crippen molar-refractivity contribution in [2.75, 3.05) is 13.2 Å². The van der Waals surface area contributed by atoms with Crippen LogP contribution < -0.4 is 10.5 Å². The van der Waals surface area contributed by atoms with Crippen molar-refractivity contribution in [3.05, 3.63) is 29.3 Å². The van der Waals surface area contributed by atoms with Crippen molar-refractivity contribution >= 4 is 0 Å². The van der Waals surface area contributed by atoms with Crippen LogP contribution in [0.25, 0.3) is 0 Å². The van der Waals surface area contributed by atoms with Gasteiger partial charge in [0.05, 0.1) is 6.61 Å². The summed E-state index contributed by atoms with van der Waals surface area (Å²) in [6.07, 6.45) is 4.39. The highest BCUT2D eigenvalue weighted by Crippen LogP contribution is 2.29. The second-order valence-electron chi connectivity index (χ2n) is 3.75. The van der Waals surface area contributed by atoms with Gasteiger partial charge in [-0.1, -0.05) is 18.2 Å². The third-order valence-electron chi connectivity index (χ3n) is 2.67. The van der Waals surface area contributed by atoms with Gasteiger partial charge in [-0.3, -0.25) is 0 Å². The number of nitrogens with two attached hydrogens (primary N) is 1. The molecule has 0 amide bonds. The molecule has 0 spiro atoms. The Hall–Kier alpha value is -1.02. The molecule has 76 valence electrons. The van der Waals surface area contributed by atoms with E-state index in [2.05, 4.69) is 18.2 Å². The number of ether oxygens (including phenoxy) is 1. The minimum Gasteiger partial charge on any atom is -0.493 e. The van der Waals surface area contributed by atoms with Gasteiger partial charge in [-0.15, -0.1) is 0 Å². The number of benzene rings is 1. The molecule has 1 aliphatic rings. The molecule has 2 heteroatoms. The van der Waals surface area contributed by atoms with Crippen molar-refractivity contribution in [1.29, 1.82) is 0 Å². The summed E-state index contributed by atoms with van der Waals surface area (Å²) in [5, 5.41) is 0. The van der Waals surface area contributed by atoms with Crippen molar-refractivity contribution in [2.45, 2.75) is 25.7 Å². The highest BCUT2D eigenvalue weighted by Gasteiger charge is 2.13. The van der Waals surface area contributed by atoms with E-state index in [9.17, 15) is 0 Å². The Balaban J connectivity index is 2.21. The Morgan fingerprint density at radius 1 is 1.36 bits per heavy atom. The number of para-hydroxylation sites is 1. The first-order valence-corrected chi connectivity index (χ1v) is 5.35. The van der Waals surface area contributed by atoms with E-state index >= 15 is 0 Å². The summed E-state index contributed by atoms with van der Waals surface area (Å²) in [6.45, 7) is 1.62. The predicted molar refractivity (Wildman–Crippen MR) is 57.6 cm³/mol. The molecule has 1 aliphatic heterocycles. The average molecular weight is 191 g/mol. The molecule has 0 unspecified atom stereocenters. The zero-order valence-corrected chi connectivity index (χ0v) is 8.46. The van der Waals surface area contributed by atoms with Crippen molar-refractivity contribution in [2.24, 2.45) is 5.73 Å². The van der Waals surface area contributed by atoms with E-state index in [1.54, 1.807) is 0 Å². The first-order valence-electron chi connectivity index (χ1n) is 5.35. The van der Waals surface area contributed by atoms with Gasteiger partial charge in [0.15, 0.2) is 0 Å². The SMILES string of the molecule is NCCCc1cccc2c1OCCC2. The molecular weight excluding hydrogens is 174 g/mol. The lowest BCUT2D eigenvalue weighted by molar-refractivity contribution is 0.285. The summed E-state index contributed by atoms with van der Waals surface area (Å²) in [6, 6.07) is 6.44. The molecule has 0 fully saturated rings. The maximum atomic E-state index is 5.71. The van der Waals surface area contributed by atoms with Gasteiger partial charge in [0.1, 0.15) is 5.75 Å². The number of hydrogen-bond donors (Lipinski definition) is 1. The minimum absolute atomic E-state index is 0.754. The number of fused-ring (bicyclic) bond motifs is 1. The van der Waals surface area contributed by atoms with E-state index in [1.807, 2.05) is 0 Å². The Morgan fingerprint density at radius 3 is 3.14 bits per heavy atom. The fourth-order valence-corrected chi connectivity index (χ4v) is 1.95. The number of rotatable bonds is 3. The molecule has 1 aromatic carbocycles. The highest BCUT2D eigenvalue weighted by molar-refractivity contribution is 5.42. The molecule has 0 saturated carbocycles. The van der Waals surface area contributed by atoms with Crippen LogP contribution in [-0.4, -0.2) is 13.2 Å². The highest BCUT2D eigenvalue weighted by atomic mass is 16.5. The third-order valence-corrected chi connectivity index (χ3v) is 2.67. The van der Waals surface area contributed by atoms with Gasteiger partial charge in [-0.05, 0) is 43.4 Å². The van der Waals surface area contributed by atoms with Gasteiger partial charge in [-0.2, -0.15) is 0 Å². The molecule has 0 radical (unpaired) electrons. The van der Waals surface area contributed by atoms with Crippen LogP contribution in [0.5, 0.6) is 5.75 Å². The topological polar surface area (TPSA) is 35.2 Å². The van der Waals surface area contributed by atoms with Gasteiger partial charge in [0.2, 0.25) is 0 Å². The summed E-state index contributed by atoms with van der Waals surface area (Å²) in [5.74, 6) is 1.13. The van der Waals surface area contributed by atoms with Crippen LogP contribution in [0.2, 0.25) is 0 Å². The van der Waals surface area contributed by atoms with Gasteiger partial charge >= 0.3 is 0 Å². The van der Waals surface area contributed by atoms with Crippen molar-refractivity contribution in [3.63, 3.8) is 0 Å². The minimum atomic E-state index is 0.754. The molecule has 1 aromatic rings. The molecule has 2 N–H and O–H groups in total. The van der Waals surface area contributed by atoms with Crippen molar-refractivity contribution in [1.82, 2.24) is 0 Å². The van der Waals surface area contributed by atoms with E-state index in [4.69, 9.17) is 10.5 Å². The van der Waals surface area contributed by atoms with Gasteiger partial charge < -0.3 is 10.5 Å². The molecule has 14 heavy (non-hydrogen) atoms. The van der Waals surface area contributed by atoms with E-state index in [0.29, 0.717) is 0 Å². The van der Waals surface area contributed by atoms with E-state index in [-0.39, 0.29) is 0 Å². The zero-order chi connectivity index (χ0) is 9.80. The van der Waals surface area contributed by atoms with Crippen molar-refractivity contribution < 1.29 is 4.74 Å². The van der Waals surface area contributed by atoms with E-state index in [1.165, 1.54) is 11.1 Å². The zero-order valence-electron chi connectivity index (χ0n) is 8.46. The summed E-state index contributed by atoms with van der Waals surface area (Å²) in [5.41, 5.74) is 8.20. The Kier molecular flexibility index (Phi) is 3.04. The van der Waals surface area contributed by atoms with Gasteiger partial charge in [-0.25, -0.2) is 0 Å². The molecule has 0 atom stereocenters. The summed E-state index contributed by atoms with van der Waals surface area (Å²) in [7, 11) is 0. The van der Waals surface area contributed by atoms with Crippen molar-refractivity contribution in [3.8, 4) is 5.75 Å². The quantitative estimate of drug-likeness (QED) is 0.792. The molecule has 1 heterocycles. The summed E-state index contributed by atoms with van der Waals surface area (Å²) < 4.78 is 5.71. The van der Waals surface area contributed by atoms with Crippen LogP contribution in [0.15, 0.2) is 18.2 Å². The molecular formula is C12H17NO. The largest absolute Gasteiger partial charge is 0.493 e. The second-order valence-corrected chi connectivity index (χ2v) is 3.75.